The number of H-pyrrole nitrogens is 1. The van der Waals surface area contributed by atoms with Crippen LogP contribution in [0.3, 0.4) is 0 Å². The Morgan fingerprint density at radius 1 is 1.04 bits per heavy atom. The molecule has 5 heteroatoms. The van der Waals surface area contributed by atoms with Crippen LogP contribution in [0, 0.1) is 0 Å². The van der Waals surface area contributed by atoms with Crippen molar-refractivity contribution in [2.45, 2.75) is 13.0 Å². The average molecular weight is 319 g/mol. The Labute approximate surface area is 138 Å². The molecule has 2 aromatic heterocycles. The minimum atomic E-state index is -0.0805. The fourth-order valence-electron chi connectivity index (χ4n) is 2.93. The number of hydrogen-bond donors (Lipinski definition) is 1. The molecule has 0 atom stereocenters. The summed E-state index contributed by atoms with van der Waals surface area (Å²) in [4.78, 5) is 19.3. The number of rotatable bonds is 5. The lowest BCUT2D eigenvalue weighted by Gasteiger charge is -2.09. The number of nitrogens with zero attached hydrogens (tertiary/aromatic N) is 2. The summed E-state index contributed by atoms with van der Waals surface area (Å²) in [5.74, 6) is 0.777. The van der Waals surface area contributed by atoms with Gasteiger partial charge in [-0.1, -0.05) is 30.3 Å². The van der Waals surface area contributed by atoms with Gasteiger partial charge in [0.15, 0.2) is 0 Å². The fourth-order valence-corrected chi connectivity index (χ4v) is 2.93. The van der Waals surface area contributed by atoms with E-state index in [9.17, 15) is 4.79 Å². The van der Waals surface area contributed by atoms with Crippen LogP contribution in [-0.2, 0) is 6.54 Å². The first kappa shape index (κ1) is 14.5. The maximum absolute atomic E-state index is 12.0. The summed E-state index contributed by atoms with van der Waals surface area (Å²) >= 11 is 0. The lowest BCUT2D eigenvalue weighted by molar-refractivity contribution is 0.304. The predicted octanol–water partition coefficient (Wildman–Crippen LogP) is 3.35. The summed E-state index contributed by atoms with van der Waals surface area (Å²) in [7, 11) is 0. The van der Waals surface area contributed by atoms with Gasteiger partial charge in [-0.3, -0.25) is 9.55 Å². The van der Waals surface area contributed by atoms with E-state index in [2.05, 4.69) is 9.97 Å². The largest absolute Gasteiger partial charge is 0.491 e. The Kier molecular flexibility index (Phi) is 3.75. The maximum atomic E-state index is 12.0. The maximum Gasteiger partial charge on any atom is 0.326 e. The Balaban J connectivity index is 1.46. The topological polar surface area (TPSA) is 59.9 Å². The number of nitrogens with one attached hydrogen (secondary N) is 1. The van der Waals surface area contributed by atoms with Crippen LogP contribution >= 0.6 is 0 Å². The highest BCUT2D eigenvalue weighted by atomic mass is 16.5. The molecule has 4 rings (SSSR count). The van der Waals surface area contributed by atoms with E-state index in [0.29, 0.717) is 13.2 Å². The van der Waals surface area contributed by atoms with E-state index in [0.717, 1.165) is 34.1 Å². The number of imidazole rings is 1. The molecule has 0 aliphatic carbocycles. The summed E-state index contributed by atoms with van der Waals surface area (Å²) in [6.45, 7) is 1.14. The standard InChI is InChI=1S/C19H17N3O2/c23-19-21-15-8-1-2-9-16(15)22(19)12-5-13-24-17-10-3-6-14-7-4-11-20-18(14)17/h1-4,6-11H,5,12-13H2,(H,21,23). The minimum Gasteiger partial charge on any atom is -0.491 e. The highest BCUT2D eigenvalue weighted by Gasteiger charge is 2.06. The monoisotopic (exact) mass is 319 g/mol. The predicted molar refractivity (Wildman–Crippen MR) is 94.4 cm³/mol. The molecule has 0 fully saturated rings. The zero-order valence-electron chi connectivity index (χ0n) is 13.1. The van der Waals surface area contributed by atoms with Gasteiger partial charge in [0.05, 0.1) is 17.6 Å². The third-order valence-corrected chi connectivity index (χ3v) is 4.06. The van der Waals surface area contributed by atoms with Crippen molar-refractivity contribution >= 4 is 21.9 Å². The SMILES string of the molecule is O=c1[nH]c2ccccc2n1CCCOc1cccc2cccnc12. The van der Waals surface area contributed by atoms with Crippen molar-refractivity contribution in [3.8, 4) is 5.75 Å². The number of aromatic nitrogens is 3. The van der Waals surface area contributed by atoms with Crippen LogP contribution in [0.4, 0.5) is 0 Å². The first-order valence-corrected chi connectivity index (χ1v) is 7.97. The number of aromatic amines is 1. The van der Waals surface area contributed by atoms with Crippen LogP contribution in [0.2, 0.25) is 0 Å². The molecule has 1 N–H and O–H groups in total. The molecule has 24 heavy (non-hydrogen) atoms. The normalized spacial score (nSPS) is 11.2. The molecule has 0 saturated heterocycles. The van der Waals surface area contributed by atoms with Crippen LogP contribution in [0.1, 0.15) is 6.42 Å². The van der Waals surface area contributed by atoms with Crippen molar-refractivity contribution in [3.63, 3.8) is 0 Å². The molecule has 0 unspecified atom stereocenters. The molecule has 2 aromatic carbocycles. The van der Waals surface area contributed by atoms with E-state index in [1.54, 1.807) is 10.8 Å². The Morgan fingerprint density at radius 2 is 1.92 bits per heavy atom. The highest BCUT2D eigenvalue weighted by Crippen LogP contribution is 2.23. The van der Waals surface area contributed by atoms with Gasteiger partial charge >= 0.3 is 5.69 Å². The van der Waals surface area contributed by atoms with Gasteiger partial charge in [0.2, 0.25) is 0 Å². The second-order valence-electron chi connectivity index (χ2n) is 5.63. The minimum absolute atomic E-state index is 0.0805. The van der Waals surface area contributed by atoms with E-state index in [4.69, 9.17) is 4.74 Å². The van der Waals surface area contributed by atoms with Crippen molar-refractivity contribution in [1.82, 2.24) is 14.5 Å². The number of fused-ring (bicyclic) bond motifs is 2. The number of para-hydroxylation sites is 3. The van der Waals surface area contributed by atoms with Crippen LogP contribution in [0.5, 0.6) is 5.75 Å². The second kappa shape index (κ2) is 6.20. The van der Waals surface area contributed by atoms with Crippen molar-refractivity contribution in [2.75, 3.05) is 6.61 Å². The third kappa shape index (κ3) is 2.65. The summed E-state index contributed by atoms with van der Waals surface area (Å²) in [6.07, 6.45) is 2.51. The molecule has 0 amide bonds. The lowest BCUT2D eigenvalue weighted by Crippen LogP contribution is -2.18. The Morgan fingerprint density at radius 3 is 2.88 bits per heavy atom. The number of ether oxygens (including phenoxy) is 1. The number of pyridine rings is 1. The molecule has 2 heterocycles. The molecule has 0 bridgehead atoms. The van der Waals surface area contributed by atoms with Crippen LogP contribution in [0.25, 0.3) is 21.9 Å². The summed E-state index contributed by atoms with van der Waals surface area (Å²) < 4.78 is 7.63. The van der Waals surface area contributed by atoms with Crippen LogP contribution in [0.15, 0.2) is 65.6 Å². The van der Waals surface area contributed by atoms with Crippen LogP contribution < -0.4 is 10.4 Å². The van der Waals surface area contributed by atoms with Crippen LogP contribution in [-0.4, -0.2) is 21.1 Å². The van der Waals surface area contributed by atoms with Gasteiger partial charge in [-0.15, -0.1) is 0 Å². The molecule has 4 aromatic rings. The first-order chi connectivity index (χ1) is 11.8. The molecule has 0 saturated carbocycles. The molecule has 120 valence electrons. The van der Waals surface area contributed by atoms with Gasteiger partial charge in [0, 0.05) is 18.1 Å². The van der Waals surface area contributed by atoms with Crippen molar-refractivity contribution in [2.24, 2.45) is 0 Å². The Hall–Kier alpha value is -3.08. The second-order valence-corrected chi connectivity index (χ2v) is 5.63. The molecular weight excluding hydrogens is 302 g/mol. The lowest BCUT2D eigenvalue weighted by atomic mass is 10.2. The van der Waals surface area contributed by atoms with Gasteiger partial charge in [0.25, 0.3) is 0 Å². The molecule has 0 aliphatic rings. The fraction of sp³-hybridized carbons (Fsp3) is 0.158. The molecule has 0 radical (unpaired) electrons. The van der Waals surface area contributed by atoms with Gasteiger partial charge in [-0.2, -0.15) is 0 Å². The smallest absolute Gasteiger partial charge is 0.326 e. The highest BCUT2D eigenvalue weighted by molar-refractivity contribution is 5.84. The van der Waals surface area contributed by atoms with E-state index >= 15 is 0 Å². The van der Waals surface area contributed by atoms with Crippen molar-refractivity contribution in [1.29, 1.82) is 0 Å². The van der Waals surface area contributed by atoms with Crippen molar-refractivity contribution in [3.05, 3.63) is 71.3 Å². The Bertz CT molecular complexity index is 1040. The average Bonchev–Trinajstić information content (AvgIpc) is 2.94. The van der Waals surface area contributed by atoms with E-state index in [1.165, 1.54) is 0 Å². The van der Waals surface area contributed by atoms with E-state index in [-0.39, 0.29) is 5.69 Å². The summed E-state index contributed by atoms with van der Waals surface area (Å²) in [5.41, 5.74) is 2.57. The first-order valence-electron chi connectivity index (χ1n) is 7.97. The number of hydrogen-bond acceptors (Lipinski definition) is 3. The third-order valence-electron chi connectivity index (χ3n) is 4.06. The van der Waals surface area contributed by atoms with Gasteiger partial charge in [0.1, 0.15) is 11.3 Å². The van der Waals surface area contributed by atoms with E-state index in [1.807, 2.05) is 54.6 Å². The van der Waals surface area contributed by atoms with E-state index < -0.39 is 0 Å². The van der Waals surface area contributed by atoms with Gasteiger partial charge in [-0.05, 0) is 30.7 Å². The number of benzene rings is 2. The van der Waals surface area contributed by atoms with Gasteiger partial charge in [-0.25, -0.2) is 4.79 Å². The molecular formula is C19H17N3O2. The van der Waals surface area contributed by atoms with Gasteiger partial charge < -0.3 is 9.72 Å². The zero-order chi connectivity index (χ0) is 16.4. The summed E-state index contributed by atoms with van der Waals surface area (Å²) in [5, 5.41) is 1.06. The quantitative estimate of drug-likeness (QED) is 0.574. The molecule has 5 nitrogen and oxygen atoms in total. The van der Waals surface area contributed by atoms with Crippen molar-refractivity contribution < 1.29 is 4.74 Å². The summed E-state index contributed by atoms with van der Waals surface area (Å²) in [6, 6.07) is 17.5. The molecule has 0 spiro atoms. The molecule has 0 aliphatic heterocycles. The number of aryl methyl sites for hydroxylation is 1. The zero-order valence-corrected chi connectivity index (χ0v) is 13.1.